The monoisotopic (exact) mass is 323 g/mol. The Morgan fingerprint density at radius 1 is 1.12 bits per heavy atom. The van der Waals surface area contributed by atoms with Crippen LogP contribution in [0.5, 0.6) is 0 Å². The molecule has 0 amide bonds. The van der Waals surface area contributed by atoms with Gasteiger partial charge in [0.15, 0.2) is 0 Å². The molecular weight excluding hydrogens is 306 g/mol. The van der Waals surface area contributed by atoms with Crippen LogP contribution in [-0.4, -0.2) is 35.6 Å². The minimum atomic E-state index is -0.00838. The van der Waals surface area contributed by atoms with Gasteiger partial charge in [-0.25, -0.2) is 19.9 Å². The van der Waals surface area contributed by atoms with Crippen molar-refractivity contribution in [3.8, 4) is 0 Å². The lowest BCUT2D eigenvalue weighted by Gasteiger charge is -2.19. The van der Waals surface area contributed by atoms with E-state index >= 15 is 0 Å². The second-order valence-corrected chi connectivity index (χ2v) is 5.71. The highest BCUT2D eigenvalue weighted by molar-refractivity contribution is 5.29. The Bertz CT molecular complexity index is 873. The lowest BCUT2D eigenvalue weighted by Crippen LogP contribution is -2.28. The summed E-state index contributed by atoms with van der Waals surface area (Å²) in [6, 6.07) is 3.40. The normalized spacial score (nSPS) is 14.2. The largest absolute Gasteiger partial charge is 0.333 e. The molecule has 24 heavy (non-hydrogen) atoms. The average Bonchev–Trinajstić information content (AvgIpc) is 3.00. The first-order valence-electron chi connectivity index (χ1n) is 7.87. The second-order valence-electron chi connectivity index (χ2n) is 5.71. The van der Waals surface area contributed by atoms with Gasteiger partial charge in [-0.3, -0.25) is 9.36 Å². The van der Waals surface area contributed by atoms with Crippen LogP contribution in [0.15, 0.2) is 48.0 Å². The number of imidazole rings is 1. The molecule has 3 aromatic rings. The fourth-order valence-corrected chi connectivity index (χ4v) is 2.91. The molecular formula is C16H17N7O. The number of nitrogens with zero attached hydrogens (tertiary/aromatic N) is 7. The highest BCUT2D eigenvalue weighted by Gasteiger charge is 2.19. The van der Waals surface area contributed by atoms with Crippen molar-refractivity contribution in [3.05, 3.63) is 65.1 Å². The van der Waals surface area contributed by atoms with Crippen molar-refractivity contribution >= 4 is 5.95 Å². The highest BCUT2D eigenvalue weighted by atomic mass is 16.1. The summed E-state index contributed by atoms with van der Waals surface area (Å²) in [6.07, 6.45) is 9.59. The van der Waals surface area contributed by atoms with E-state index in [1.165, 1.54) is 0 Å². The van der Waals surface area contributed by atoms with E-state index in [0.717, 1.165) is 24.5 Å². The van der Waals surface area contributed by atoms with E-state index in [2.05, 4.69) is 19.9 Å². The molecule has 0 spiro atoms. The summed E-state index contributed by atoms with van der Waals surface area (Å²) >= 11 is 0. The Morgan fingerprint density at radius 2 is 2.00 bits per heavy atom. The molecule has 0 fully saturated rings. The van der Waals surface area contributed by atoms with Crippen LogP contribution in [0.2, 0.25) is 0 Å². The topological polar surface area (TPSA) is 81.7 Å². The summed E-state index contributed by atoms with van der Waals surface area (Å²) in [5.74, 6) is 1.42. The molecule has 0 atom stereocenters. The van der Waals surface area contributed by atoms with Crippen molar-refractivity contribution < 1.29 is 0 Å². The van der Waals surface area contributed by atoms with E-state index in [-0.39, 0.29) is 5.56 Å². The molecule has 8 heteroatoms. The zero-order valence-corrected chi connectivity index (χ0v) is 13.1. The van der Waals surface area contributed by atoms with Crippen LogP contribution >= 0.6 is 0 Å². The molecule has 0 unspecified atom stereocenters. The van der Waals surface area contributed by atoms with Gasteiger partial charge in [0.1, 0.15) is 5.82 Å². The van der Waals surface area contributed by atoms with Crippen LogP contribution in [-0.2, 0) is 19.6 Å². The summed E-state index contributed by atoms with van der Waals surface area (Å²) in [6.45, 7) is 2.52. The Labute approximate surface area is 138 Å². The van der Waals surface area contributed by atoms with Crippen molar-refractivity contribution in [2.75, 3.05) is 11.4 Å². The van der Waals surface area contributed by atoms with Gasteiger partial charge in [-0.1, -0.05) is 0 Å². The molecule has 1 aliphatic heterocycles. The maximum atomic E-state index is 12.5. The zero-order valence-electron chi connectivity index (χ0n) is 13.1. The first-order chi connectivity index (χ1) is 11.8. The number of anilines is 1. The molecule has 0 radical (unpaired) electrons. The molecule has 0 N–H and O–H groups in total. The van der Waals surface area contributed by atoms with Gasteiger partial charge in [0.2, 0.25) is 5.95 Å². The van der Waals surface area contributed by atoms with Crippen molar-refractivity contribution in [3.63, 3.8) is 0 Å². The minimum Gasteiger partial charge on any atom is -0.333 e. The molecule has 8 nitrogen and oxygen atoms in total. The zero-order chi connectivity index (χ0) is 16.4. The molecule has 0 saturated carbocycles. The number of aromatic nitrogens is 6. The fourth-order valence-electron chi connectivity index (χ4n) is 2.91. The number of fused-ring (bicyclic) bond motifs is 1. The maximum absolute atomic E-state index is 12.5. The lowest BCUT2D eigenvalue weighted by atomic mass is 10.3. The molecule has 0 aliphatic carbocycles. The molecule has 0 aromatic carbocycles. The first-order valence-corrected chi connectivity index (χ1v) is 7.87. The van der Waals surface area contributed by atoms with Crippen LogP contribution in [0.4, 0.5) is 5.95 Å². The van der Waals surface area contributed by atoms with Gasteiger partial charge in [0.25, 0.3) is 5.56 Å². The van der Waals surface area contributed by atoms with E-state index in [9.17, 15) is 4.79 Å². The molecule has 1 aliphatic rings. The molecule has 122 valence electrons. The summed E-state index contributed by atoms with van der Waals surface area (Å²) in [4.78, 5) is 31.9. The fraction of sp³-hybridized carbons (Fsp3) is 0.312. The Kier molecular flexibility index (Phi) is 3.78. The van der Waals surface area contributed by atoms with Gasteiger partial charge in [-0.15, -0.1) is 0 Å². The first kappa shape index (κ1) is 14.6. The van der Waals surface area contributed by atoms with Crippen LogP contribution in [0.25, 0.3) is 0 Å². The van der Waals surface area contributed by atoms with Crippen molar-refractivity contribution in [2.24, 2.45) is 0 Å². The summed E-state index contributed by atoms with van der Waals surface area (Å²) in [5, 5.41) is 0. The van der Waals surface area contributed by atoms with Gasteiger partial charge in [-0.2, -0.15) is 0 Å². The number of rotatable bonds is 3. The Balaban J connectivity index is 1.67. The van der Waals surface area contributed by atoms with E-state index in [4.69, 9.17) is 4.98 Å². The number of hydrogen-bond donors (Lipinski definition) is 0. The molecule has 0 bridgehead atoms. The predicted molar refractivity (Wildman–Crippen MR) is 87.5 cm³/mol. The predicted octanol–water partition coefficient (Wildman–Crippen LogP) is 0.688. The van der Waals surface area contributed by atoms with Crippen molar-refractivity contribution in [2.45, 2.75) is 26.1 Å². The van der Waals surface area contributed by atoms with E-state index in [0.29, 0.717) is 25.6 Å². The highest BCUT2D eigenvalue weighted by Crippen LogP contribution is 2.14. The summed E-state index contributed by atoms with van der Waals surface area (Å²) in [5.41, 5.74) is 0.728. The standard InChI is InChI=1S/C16H17N7O/c24-15-9-13(10-21-8-5-17-12-21)20-14-11-22(6-2-7-23(14)15)16-18-3-1-4-19-16/h1,3-5,8-9,12H,2,6-7,10-11H2. The Morgan fingerprint density at radius 3 is 2.79 bits per heavy atom. The van der Waals surface area contributed by atoms with E-state index in [1.54, 1.807) is 41.6 Å². The van der Waals surface area contributed by atoms with Gasteiger partial charge in [-0.05, 0) is 12.5 Å². The van der Waals surface area contributed by atoms with Crippen LogP contribution in [0, 0.1) is 0 Å². The summed E-state index contributed by atoms with van der Waals surface area (Å²) in [7, 11) is 0. The molecule has 4 rings (SSSR count). The Hall–Kier alpha value is -3.03. The maximum Gasteiger partial charge on any atom is 0.253 e. The molecule has 4 heterocycles. The second kappa shape index (κ2) is 6.23. The molecule has 3 aromatic heterocycles. The smallest absolute Gasteiger partial charge is 0.253 e. The average molecular weight is 323 g/mol. The van der Waals surface area contributed by atoms with Crippen LogP contribution < -0.4 is 10.5 Å². The third-order valence-electron chi connectivity index (χ3n) is 4.02. The summed E-state index contributed by atoms with van der Waals surface area (Å²) < 4.78 is 3.65. The van der Waals surface area contributed by atoms with Gasteiger partial charge in [0.05, 0.1) is 25.1 Å². The quantitative estimate of drug-likeness (QED) is 0.705. The van der Waals surface area contributed by atoms with Crippen molar-refractivity contribution in [1.82, 2.24) is 29.1 Å². The van der Waals surface area contributed by atoms with Gasteiger partial charge in [0, 0.05) is 43.9 Å². The van der Waals surface area contributed by atoms with E-state index < -0.39 is 0 Å². The van der Waals surface area contributed by atoms with Gasteiger partial charge < -0.3 is 9.47 Å². The molecule has 0 saturated heterocycles. The minimum absolute atomic E-state index is 0.00838. The van der Waals surface area contributed by atoms with Crippen molar-refractivity contribution in [1.29, 1.82) is 0 Å². The van der Waals surface area contributed by atoms with Crippen LogP contribution in [0.1, 0.15) is 17.9 Å². The lowest BCUT2D eigenvalue weighted by molar-refractivity contribution is 0.614. The van der Waals surface area contributed by atoms with E-state index in [1.807, 2.05) is 10.8 Å². The third-order valence-corrected chi connectivity index (χ3v) is 4.02. The van der Waals surface area contributed by atoms with Gasteiger partial charge >= 0.3 is 0 Å². The van der Waals surface area contributed by atoms with Crippen LogP contribution in [0.3, 0.4) is 0 Å². The third kappa shape index (κ3) is 2.90. The SMILES string of the molecule is O=c1cc(Cn2ccnc2)nc2n1CCCN(c1ncccn1)C2. The number of hydrogen-bond acceptors (Lipinski definition) is 6.